The summed E-state index contributed by atoms with van der Waals surface area (Å²) in [5.74, 6) is -0.721. The van der Waals surface area contributed by atoms with E-state index in [1.807, 2.05) is 20.8 Å². The minimum atomic E-state index is -0.892. The van der Waals surface area contributed by atoms with Crippen molar-refractivity contribution >= 4 is 11.8 Å². The third-order valence-electron chi connectivity index (χ3n) is 2.98. The second-order valence-electron chi connectivity index (χ2n) is 5.84. The van der Waals surface area contributed by atoms with Crippen LogP contribution in [0.4, 0.5) is 0 Å². The summed E-state index contributed by atoms with van der Waals surface area (Å²) in [4.78, 5) is 25.3. The van der Waals surface area contributed by atoms with E-state index < -0.39 is 6.10 Å². The molecule has 0 aliphatic carbocycles. The van der Waals surface area contributed by atoms with Gasteiger partial charge in [0.15, 0.2) is 0 Å². The SMILES string of the molecule is CC(C)(C)OCC(O)CN1C(=O)c2ccccc2C1=O. The van der Waals surface area contributed by atoms with Crippen LogP contribution in [0.3, 0.4) is 0 Å². The van der Waals surface area contributed by atoms with Gasteiger partial charge in [0, 0.05) is 0 Å². The fraction of sp³-hybridized carbons (Fsp3) is 0.467. The number of imide groups is 1. The molecule has 5 heteroatoms. The Hall–Kier alpha value is -1.72. The molecule has 2 rings (SSSR count). The number of rotatable bonds is 4. The molecule has 1 aliphatic heterocycles. The van der Waals surface area contributed by atoms with Crippen LogP contribution in [0.1, 0.15) is 41.5 Å². The summed E-state index contributed by atoms with van der Waals surface area (Å²) in [6.45, 7) is 5.66. The maximum Gasteiger partial charge on any atom is 0.261 e. The first-order valence-corrected chi connectivity index (χ1v) is 6.57. The summed E-state index contributed by atoms with van der Waals surface area (Å²) >= 11 is 0. The van der Waals surface area contributed by atoms with E-state index in [2.05, 4.69) is 0 Å². The lowest BCUT2D eigenvalue weighted by Crippen LogP contribution is -2.40. The van der Waals surface area contributed by atoms with E-state index in [4.69, 9.17) is 4.74 Å². The quantitative estimate of drug-likeness (QED) is 0.846. The van der Waals surface area contributed by atoms with Gasteiger partial charge >= 0.3 is 0 Å². The summed E-state index contributed by atoms with van der Waals surface area (Å²) in [5, 5.41) is 9.92. The van der Waals surface area contributed by atoms with E-state index in [1.54, 1.807) is 24.3 Å². The monoisotopic (exact) mass is 277 g/mol. The molecule has 1 atom stereocenters. The summed E-state index contributed by atoms with van der Waals surface area (Å²) < 4.78 is 5.45. The largest absolute Gasteiger partial charge is 0.389 e. The van der Waals surface area contributed by atoms with E-state index in [-0.39, 0.29) is 30.6 Å². The number of hydrogen-bond donors (Lipinski definition) is 1. The van der Waals surface area contributed by atoms with Crippen LogP contribution in [0.25, 0.3) is 0 Å². The fourth-order valence-electron chi connectivity index (χ4n) is 2.01. The van der Waals surface area contributed by atoms with E-state index in [0.29, 0.717) is 11.1 Å². The normalized spacial score (nSPS) is 16.5. The van der Waals surface area contributed by atoms with Gasteiger partial charge in [-0.15, -0.1) is 0 Å². The van der Waals surface area contributed by atoms with Gasteiger partial charge in [0.25, 0.3) is 11.8 Å². The zero-order valence-corrected chi connectivity index (χ0v) is 11.9. The van der Waals surface area contributed by atoms with Gasteiger partial charge in [-0.3, -0.25) is 14.5 Å². The van der Waals surface area contributed by atoms with Crippen LogP contribution >= 0.6 is 0 Å². The third kappa shape index (κ3) is 3.05. The molecule has 0 saturated heterocycles. The van der Waals surface area contributed by atoms with Crippen molar-refractivity contribution in [2.45, 2.75) is 32.5 Å². The minimum Gasteiger partial charge on any atom is -0.389 e. The lowest BCUT2D eigenvalue weighted by Gasteiger charge is -2.24. The van der Waals surface area contributed by atoms with Gasteiger partial charge in [0.05, 0.1) is 36.0 Å². The van der Waals surface area contributed by atoms with E-state index in [0.717, 1.165) is 4.90 Å². The predicted octanol–water partition coefficient (Wildman–Crippen LogP) is 1.46. The van der Waals surface area contributed by atoms with Crippen molar-refractivity contribution in [3.05, 3.63) is 35.4 Å². The summed E-state index contributed by atoms with van der Waals surface area (Å²) in [5.41, 5.74) is 0.408. The Morgan fingerprint density at radius 3 is 2.10 bits per heavy atom. The fourth-order valence-corrected chi connectivity index (χ4v) is 2.01. The van der Waals surface area contributed by atoms with Crippen molar-refractivity contribution in [2.75, 3.05) is 13.2 Å². The van der Waals surface area contributed by atoms with Crippen LogP contribution in [0.15, 0.2) is 24.3 Å². The Morgan fingerprint density at radius 2 is 1.65 bits per heavy atom. The number of β-amino-alcohol motifs (C(OH)–C–C–N with tert-alkyl or cyclic N) is 1. The highest BCUT2D eigenvalue weighted by Gasteiger charge is 2.36. The number of ether oxygens (including phenoxy) is 1. The van der Waals surface area contributed by atoms with Crippen LogP contribution in [0, 0.1) is 0 Å². The smallest absolute Gasteiger partial charge is 0.261 e. The van der Waals surface area contributed by atoms with Crippen LogP contribution in [-0.4, -0.2) is 46.7 Å². The number of amides is 2. The zero-order valence-electron chi connectivity index (χ0n) is 11.9. The van der Waals surface area contributed by atoms with Crippen molar-refractivity contribution in [2.24, 2.45) is 0 Å². The first-order valence-electron chi connectivity index (χ1n) is 6.57. The molecule has 0 bridgehead atoms. The molecule has 20 heavy (non-hydrogen) atoms. The first kappa shape index (κ1) is 14.7. The number of hydrogen-bond acceptors (Lipinski definition) is 4. The molecule has 1 aromatic rings. The highest BCUT2D eigenvalue weighted by atomic mass is 16.5. The lowest BCUT2D eigenvalue weighted by atomic mass is 10.1. The molecule has 5 nitrogen and oxygen atoms in total. The molecular weight excluding hydrogens is 258 g/mol. The maximum absolute atomic E-state index is 12.1. The number of fused-ring (bicyclic) bond motifs is 1. The average molecular weight is 277 g/mol. The first-order chi connectivity index (χ1) is 9.29. The van der Waals surface area contributed by atoms with Gasteiger partial charge in [-0.1, -0.05) is 12.1 Å². The summed E-state index contributed by atoms with van der Waals surface area (Å²) in [7, 11) is 0. The van der Waals surface area contributed by atoms with Crippen molar-refractivity contribution < 1.29 is 19.4 Å². The number of nitrogens with zero attached hydrogens (tertiary/aromatic N) is 1. The number of aliphatic hydroxyl groups excluding tert-OH is 1. The van der Waals surface area contributed by atoms with Crippen LogP contribution in [0.2, 0.25) is 0 Å². The Morgan fingerprint density at radius 1 is 1.15 bits per heavy atom. The van der Waals surface area contributed by atoms with Gasteiger partial charge in [-0.05, 0) is 32.9 Å². The molecule has 0 saturated carbocycles. The van der Waals surface area contributed by atoms with Gasteiger partial charge in [-0.2, -0.15) is 0 Å². The Balaban J connectivity index is 2.02. The standard InChI is InChI=1S/C15H19NO4/c1-15(2,3)20-9-10(17)8-16-13(18)11-6-4-5-7-12(11)14(16)19/h4-7,10,17H,8-9H2,1-3H3. The molecule has 1 aromatic carbocycles. The van der Waals surface area contributed by atoms with Gasteiger partial charge < -0.3 is 9.84 Å². The van der Waals surface area contributed by atoms with Crippen LogP contribution in [0.5, 0.6) is 0 Å². The topological polar surface area (TPSA) is 66.8 Å². The third-order valence-corrected chi connectivity index (χ3v) is 2.98. The summed E-state index contributed by atoms with van der Waals surface area (Å²) in [6.07, 6.45) is -0.892. The Labute approximate surface area is 118 Å². The van der Waals surface area contributed by atoms with Crippen molar-refractivity contribution in [1.29, 1.82) is 0 Å². The molecule has 0 fully saturated rings. The van der Waals surface area contributed by atoms with E-state index in [9.17, 15) is 14.7 Å². The molecule has 108 valence electrons. The second-order valence-corrected chi connectivity index (χ2v) is 5.84. The predicted molar refractivity (Wildman–Crippen MR) is 73.5 cm³/mol. The molecule has 2 amide bonds. The molecule has 1 unspecified atom stereocenters. The molecule has 1 aliphatic rings. The molecule has 1 N–H and O–H groups in total. The van der Waals surface area contributed by atoms with Crippen molar-refractivity contribution in [3.8, 4) is 0 Å². The Bertz CT molecular complexity index is 498. The highest BCUT2D eigenvalue weighted by Crippen LogP contribution is 2.22. The van der Waals surface area contributed by atoms with Crippen molar-refractivity contribution in [1.82, 2.24) is 4.90 Å². The van der Waals surface area contributed by atoms with E-state index >= 15 is 0 Å². The number of benzene rings is 1. The average Bonchev–Trinajstić information content (AvgIpc) is 2.62. The zero-order chi connectivity index (χ0) is 14.9. The number of aliphatic hydroxyl groups is 1. The Kier molecular flexibility index (Phi) is 3.92. The van der Waals surface area contributed by atoms with E-state index in [1.165, 1.54) is 0 Å². The van der Waals surface area contributed by atoms with Gasteiger partial charge in [0.2, 0.25) is 0 Å². The molecular formula is C15H19NO4. The van der Waals surface area contributed by atoms with Gasteiger partial charge in [-0.25, -0.2) is 0 Å². The lowest BCUT2D eigenvalue weighted by molar-refractivity contribution is -0.0525. The molecule has 1 heterocycles. The van der Waals surface area contributed by atoms with Gasteiger partial charge in [0.1, 0.15) is 0 Å². The summed E-state index contributed by atoms with van der Waals surface area (Å²) in [6, 6.07) is 6.67. The van der Waals surface area contributed by atoms with Crippen LogP contribution < -0.4 is 0 Å². The highest BCUT2D eigenvalue weighted by molar-refractivity contribution is 6.21. The maximum atomic E-state index is 12.1. The second kappa shape index (κ2) is 5.34. The van der Waals surface area contributed by atoms with Crippen molar-refractivity contribution in [3.63, 3.8) is 0 Å². The molecule has 0 aromatic heterocycles. The van der Waals surface area contributed by atoms with Crippen LogP contribution in [-0.2, 0) is 4.74 Å². The number of carbonyl (C=O) groups excluding carboxylic acids is 2. The molecule has 0 spiro atoms. The minimum absolute atomic E-state index is 0.0531. The number of carbonyl (C=O) groups is 2. The molecule has 0 radical (unpaired) electrons.